The first kappa shape index (κ1) is 22.8. The highest BCUT2D eigenvalue weighted by atomic mass is 35.5. The first-order chi connectivity index (χ1) is 15.8. The second-order valence-electron chi connectivity index (χ2n) is 7.20. The topological polar surface area (TPSA) is 80.5 Å². The van der Waals surface area contributed by atoms with Gasteiger partial charge in [-0.3, -0.25) is 9.52 Å². The first-order valence-electron chi connectivity index (χ1n) is 9.78. The standard InChI is InChI=1S/C24H18ClN3O3S2/c1-3-14-28-21-13-8-18(25)15-22(21)32-24(28)26-23(29)17-6-9-19(10-7-17)27-33(30,31)20-11-4-16(2)5-12-20/h1,4-13,15,27H,14H2,2H3. The van der Waals surface area contributed by atoms with Crippen LogP contribution >= 0.6 is 22.9 Å². The summed E-state index contributed by atoms with van der Waals surface area (Å²) in [5.74, 6) is 2.11. The zero-order valence-corrected chi connectivity index (χ0v) is 19.8. The summed E-state index contributed by atoms with van der Waals surface area (Å²) >= 11 is 7.39. The van der Waals surface area contributed by atoms with Gasteiger partial charge in [-0.15, -0.1) is 6.42 Å². The number of terminal acetylenes is 1. The summed E-state index contributed by atoms with van der Waals surface area (Å²) in [5, 5.41) is 0.582. The van der Waals surface area contributed by atoms with Gasteiger partial charge in [-0.05, 0) is 61.5 Å². The van der Waals surface area contributed by atoms with Crippen molar-refractivity contribution in [1.82, 2.24) is 4.57 Å². The molecule has 0 fully saturated rings. The van der Waals surface area contributed by atoms with Crippen LogP contribution in [0.4, 0.5) is 5.69 Å². The van der Waals surface area contributed by atoms with Gasteiger partial charge < -0.3 is 4.57 Å². The summed E-state index contributed by atoms with van der Waals surface area (Å²) in [6.07, 6.45) is 5.49. The lowest BCUT2D eigenvalue weighted by atomic mass is 10.2. The third kappa shape index (κ3) is 5.01. The van der Waals surface area contributed by atoms with E-state index in [4.69, 9.17) is 18.0 Å². The maximum absolute atomic E-state index is 12.8. The molecule has 4 rings (SSSR count). The van der Waals surface area contributed by atoms with Gasteiger partial charge in [0, 0.05) is 16.3 Å². The van der Waals surface area contributed by atoms with Crippen LogP contribution in [0.3, 0.4) is 0 Å². The molecule has 0 saturated carbocycles. The average Bonchev–Trinajstić information content (AvgIpc) is 3.10. The van der Waals surface area contributed by atoms with Gasteiger partial charge >= 0.3 is 0 Å². The zero-order chi connectivity index (χ0) is 23.6. The van der Waals surface area contributed by atoms with Crippen molar-refractivity contribution >= 4 is 54.8 Å². The van der Waals surface area contributed by atoms with Gasteiger partial charge in [-0.2, -0.15) is 4.99 Å². The fourth-order valence-corrected chi connectivity index (χ4v) is 5.50. The number of thiazole rings is 1. The second-order valence-corrected chi connectivity index (χ2v) is 10.3. The Morgan fingerprint density at radius 2 is 1.82 bits per heavy atom. The van der Waals surface area contributed by atoms with Gasteiger partial charge in [-0.25, -0.2) is 8.42 Å². The number of halogens is 1. The Morgan fingerprint density at radius 1 is 1.12 bits per heavy atom. The molecule has 33 heavy (non-hydrogen) atoms. The quantitative estimate of drug-likeness (QED) is 0.402. The molecule has 0 unspecified atom stereocenters. The molecule has 1 N–H and O–H groups in total. The molecule has 0 saturated heterocycles. The molecular weight excluding hydrogens is 478 g/mol. The molecule has 1 aromatic heterocycles. The number of sulfonamides is 1. The fourth-order valence-electron chi connectivity index (χ4n) is 3.14. The molecule has 0 aliphatic heterocycles. The van der Waals surface area contributed by atoms with E-state index in [1.54, 1.807) is 28.8 Å². The van der Waals surface area contributed by atoms with Crippen LogP contribution in [0.15, 0.2) is 76.6 Å². The fraction of sp³-hybridized carbons (Fsp3) is 0.0833. The number of hydrogen-bond donors (Lipinski definition) is 1. The molecule has 0 aliphatic carbocycles. The summed E-state index contributed by atoms with van der Waals surface area (Å²) < 4.78 is 30.3. The third-order valence-electron chi connectivity index (χ3n) is 4.81. The maximum Gasteiger partial charge on any atom is 0.279 e. The molecule has 3 aromatic carbocycles. The van der Waals surface area contributed by atoms with E-state index >= 15 is 0 Å². The molecule has 6 nitrogen and oxygen atoms in total. The van der Waals surface area contributed by atoms with Crippen molar-refractivity contribution in [2.75, 3.05) is 4.72 Å². The summed E-state index contributed by atoms with van der Waals surface area (Å²) in [6, 6.07) is 18.0. The number of carbonyl (C=O) groups is 1. The molecular formula is C24H18ClN3O3S2. The van der Waals surface area contributed by atoms with Gasteiger partial charge in [0.05, 0.1) is 21.7 Å². The molecule has 0 atom stereocenters. The van der Waals surface area contributed by atoms with Crippen LogP contribution in [-0.4, -0.2) is 18.9 Å². The van der Waals surface area contributed by atoms with Gasteiger partial charge in [-0.1, -0.05) is 46.6 Å². The monoisotopic (exact) mass is 495 g/mol. The largest absolute Gasteiger partial charge is 0.305 e. The van der Waals surface area contributed by atoms with Crippen molar-refractivity contribution in [2.45, 2.75) is 18.4 Å². The summed E-state index contributed by atoms with van der Waals surface area (Å²) in [4.78, 5) is 17.6. The minimum Gasteiger partial charge on any atom is -0.305 e. The number of rotatable bonds is 5. The number of fused-ring (bicyclic) bond motifs is 1. The van der Waals surface area contributed by atoms with Crippen LogP contribution in [0.25, 0.3) is 10.2 Å². The number of hydrogen-bond acceptors (Lipinski definition) is 4. The number of amides is 1. The van der Waals surface area contributed by atoms with Crippen LogP contribution in [-0.2, 0) is 16.6 Å². The number of anilines is 1. The maximum atomic E-state index is 12.8. The predicted molar refractivity (Wildman–Crippen MR) is 132 cm³/mol. The number of benzene rings is 3. The predicted octanol–water partition coefficient (Wildman–Crippen LogP) is 4.84. The lowest BCUT2D eigenvalue weighted by Crippen LogP contribution is -2.16. The lowest BCUT2D eigenvalue weighted by Gasteiger charge is -2.08. The Morgan fingerprint density at radius 3 is 2.48 bits per heavy atom. The van der Waals surface area contributed by atoms with E-state index in [2.05, 4.69) is 15.6 Å². The van der Waals surface area contributed by atoms with Crippen LogP contribution < -0.4 is 9.52 Å². The van der Waals surface area contributed by atoms with Crippen molar-refractivity contribution in [2.24, 2.45) is 4.99 Å². The molecule has 0 bridgehead atoms. The van der Waals surface area contributed by atoms with Crippen molar-refractivity contribution in [3.63, 3.8) is 0 Å². The molecule has 4 aromatic rings. The molecule has 0 radical (unpaired) electrons. The number of aromatic nitrogens is 1. The van der Waals surface area contributed by atoms with E-state index < -0.39 is 15.9 Å². The minimum atomic E-state index is -3.73. The molecule has 0 spiro atoms. The SMILES string of the molecule is C#CCn1c(=NC(=O)c2ccc(NS(=O)(=O)c3ccc(C)cc3)cc2)sc2cc(Cl)ccc21. The van der Waals surface area contributed by atoms with Crippen molar-refractivity contribution < 1.29 is 13.2 Å². The molecule has 9 heteroatoms. The highest BCUT2D eigenvalue weighted by Gasteiger charge is 2.14. The van der Waals surface area contributed by atoms with Crippen molar-refractivity contribution in [1.29, 1.82) is 0 Å². The van der Waals surface area contributed by atoms with Gasteiger partial charge in [0.1, 0.15) is 0 Å². The van der Waals surface area contributed by atoms with Gasteiger partial charge in [0.15, 0.2) is 4.80 Å². The van der Waals surface area contributed by atoms with Crippen molar-refractivity contribution in [3.8, 4) is 12.3 Å². The summed E-state index contributed by atoms with van der Waals surface area (Å²) in [7, 11) is -3.73. The third-order valence-corrected chi connectivity index (χ3v) is 7.48. The van der Waals surface area contributed by atoms with E-state index in [0.29, 0.717) is 21.1 Å². The Kier molecular flexibility index (Phi) is 6.38. The Balaban J connectivity index is 1.60. The highest BCUT2D eigenvalue weighted by Crippen LogP contribution is 2.22. The normalized spacial score (nSPS) is 12.0. The zero-order valence-electron chi connectivity index (χ0n) is 17.4. The Labute approximate surface area is 200 Å². The molecule has 1 heterocycles. The van der Waals surface area contributed by atoms with E-state index in [1.165, 1.54) is 47.7 Å². The van der Waals surface area contributed by atoms with Gasteiger partial charge in [0.2, 0.25) is 0 Å². The van der Waals surface area contributed by atoms with Crippen LogP contribution in [0.2, 0.25) is 5.02 Å². The summed E-state index contributed by atoms with van der Waals surface area (Å²) in [5.41, 5.74) is 2.46. The van der Waals surface area contributed by atoms with Crippen LogP contribution in [0.5, 0.6) is 0 Å². The lowest BCUT2D eigenvalue weighted by molar-refractivity contribution is 0.0998. The Bertz CT molecular complexity index is 1560. The summed E-state index contributed by atoms with van der Waals surface area (Å²) in [6.45, 7) is 2.14. The van der Waals surface area contributed by atoms with E-state index in [1.807, 2.05) is 13.0 Å². The average molecular weight is 496 g/mol. The number of carbonyl (C=O) groups excluding carboxylic acids is 1. The van der Waals surface area contributed by atoms with E-state index in [9.17, 15) is 13.2 Å². The number of aryl methyl sites for hydroxylation is 1. The van der Waals surface area contributed by atoms with E-state index in [-0.39, 0.29) is 11.4 Å². The molecule has 1 amide bonds. The van der Waals surface area contributed by atoms with Crippen molar-refractivity contribution in [3.05, 3.63) is 87.7 Å². The molecule has 0 aliphatic rings. The number of nitrogens with one attached hydrogen (secondary N) is 1. The van der Waals surface area contributed by atoms with Gasteiger partial charge in [0.25, 0.3) is 15.9 Å². The smallest absolute Gasteiger partial charge is 0.279 e. The van der Waals surface area contributed by atoms with Crippen LogP contribution in [0, 0.1) is 19.3 Å². The molecule has 166 valence electrons. The minimum absolute atomic E-state index is 0.159. The first-order valence-corrected chi connectivity index (χ1v) is 12.5. The van der Waals surface area contributed by atoms with E-state index in [0.717, 1.165) is 15.8 Å². The Hall–Kier alpha value is -3.38. The highest BCUT2D eigenvalue weighted by molar-refractivity contribution is 7.92. The van der Waals surface area contributed by atoms with Crippen LogP contribution in [0.1, 0.15) is 15.9 Å². The second kappa shape index (κ2) is 9.24. The number of nitrogens with zero attached hydrogens (tertiary/aromatic N) is 2.